The monoisotopic (exact) mass is 580 g/mol. The highest BCUT2D eigenvalue weighted by Crippen LogP contribution is 2.49. The Bertz CT molecular complexity index is 1690. The summed E-state index contributed by atoms with van der Waals surface area (Å²) < 4.78 is 38.6. The fourth-order valence-electron chi connectivity index (χ4n) is 4.95. The first kappa shape index (κ1) is 28.3. The Hall–Kier alpha value is -4.19. The number of esters is 1. The largest absolute Gasteiger partial charge is 0.468 e. The molecule has 1 saturated heterocycles. The summed E-state index contributed by atoms with van der Waals surface area (Å²) in [5.74, 6) is -0.0613. The molecule has 0 radical (unpaired) electrons. The van der Waals surface area contributed by atoms with Crippen molar-refractivity contribution in [3.05, 3.63) is 77.1 Å². The lowest BCUT2D eigenvalue weighted by Gasteiger charge is -2.24. The first-order valence-corrected chi connectivity index (χ1v) is 14.3. The van der Waals surface area contributed by atoms with Gasteiger partial charge in [0.05, 0.1) is 31.1 Å². The number of hydrogen-bond acceptors (Lipinski definition) is 10. The maximum absolute atomic E-state index is 14.1. The van der Waals surface area contributed by atoms with Crippen molar-refractivity contribution in [1.29, 1.82) is 0 Å². The van der Waals surface area contributed by atoms with E-state index in [-0.39, 0.29) is 18.8 Å². The van der Waals surface area contributed by atoms with Crippen LogP contribution in [0, 0.1) is 0 Å². The molecule has 1 aliphatic heterocycles. The third-order valence-electron chi connectivity index (χ3n) is 6.89. The molecule has 2 aromatic carbocycles. The summed E-state index contributed by atoms with van der Waals surface area (Å²) in [6.45, 7) is 3.03. The number of nitrogens with one attached hydrogen (secondary N) is 1. The Morgan fingerprint density at radius 3 is 2.88 bits per heavy atom. The number of azide groups is 1. The van der Waals surface area contributed by atoms with E-state index in [0.717, 1.165) is 5.39 Å². The number of rotatable bonds is 10. The summed E-state index contributed by atoms with van der Waals surface area (Å²) in [4.78, 5) is 19.2. The molecule has 41 heavy (non-hydrogen) atoms. The van der Waals surface area contributed by atoms with Crippen molar-refractivity contribution in [3.8, 4) is 5.75 Å². The lowest BCUT2D eigenvalue weighted by Crippen LogP contribution is -2.35. The van der Waals surface area contributed by atoms with Gasteiger partial charge in [-0.1, -0.05) is 48.4 Å². The first-order valence-electron chi connectivity index (χ1n) is 12.7. The molecule has 0 amide bonds. The van der Waals surface area contributed by atoms with Gasteiger partial charge in [0, 0.05) is 10.3 Å². The van der Waals surface area contributed by atoms with Crippen LogP contribution in [-0.4, -0.2) is 52.0 Å². The van der Waals surface area contributed by atoms with Gasteiger partial charge in [-0.15, -0.1) is 0 Å². The van der Waals surface area contributed by atoms with Crippen LogP contribution in [0.25, 0.3) is 26.7 Å². The summed E-state index contributed by atoms with van der Waals surface area (Å²) in [6, 6.07) is 15.3. The van der Waals surface area contributed by atoms with Crippen molar-refractivity contribution in [3.63, 3.8) is 0 Å². The molecule has 1 unspecified atom stereocenters. The molecular weight excluding hydrogens is 551 g/mol. The standard InChI is InChI=1S/C26H29N8O6P/c1-16(25(35)37-3)31-41(36,40-22-10-6-8-17-7-4-5-9-19(17)22)38-14-18-13-26(2,32-33-28)23(39-18)20-11-12-21-24(27)29-15-30-34(20)21/h4-12,15-16,18,23H,13-14H2,1-3H3,(H,31,36)(H2,27,29,30)/t16-,18-,23-,26+,41?/m0/s1. The summed E-state index contributed by atoms with van der Waals surface area (Å²) >= 11 is 0. The molecule has 14 nitrogen and oxygen atoms in total. The highest BCUT2D eigenvalue weighted by atomic mass is 31.2. The molecule has 1 aliphatic rings. The van der Waals surface area contributed by atoms with Crippen LogP contribution in [-0.2, 0) is 23.4 Å². The second-order valence-electron chi connectivity index (χ2n) is 9.83. The number of hydrogen-bond donors (Lipinski definition) is 2. The van der Waals surface area contributed by atoms with Crippen LogP contribution in [0.5, 0.6) is 5.75 Å². The molecule has 214 valence electrons. The average molecular weight is 581 g/mol. The van der Waals surface area contributed by atoms with Crippen molar-refractivity contribution >= 4 is 35.8 Å². The number of methoxy groups -OCH3 is 1. The zero-order valence-corrected chi connectivity index (χ0v) is 23.5. The summed E-state index contributed by atoms with van der Waals surface area (Å²) in [5, 5.41) is 12.5. The SMILES string of the molecule is COC(=O)[C@H](C)NP(=O)(OC[C@@H]1C[C@@](C)(N=[N+]=[N-])[C@H](c2ccc3c(N)ncnn23)O1)Oc1cccc2ccccc12. The molecule has 3 heterocycles. The van der Waals surface area contributed by atoms with Crippen molar-refractivity contribution in [2.24, 2.45) is 5.11 Å². The van der Waals surface area contributed by atoms with Gasteiger partial charge in [-0.25, -0.2) is 14.1 Å². The van der Waals surface area contributed by atoms with Crippen LogP contribution < -0.4 is 15.3 Å². The summed E-state index contributed by atoms with van der Waals surface area (Å²) in [6.07, 6.45) is 0.154. The maximum Gasteiger partial charge on any atom is 0.459 e. The molecule has 2 aromatic heterocycles. The van der Waals surface area contributed by atoms with E-state index in [9.17, 15) is 14.9 Å². The van der Waals surface area contributed by atoms with Gasteiger partial charge >= 0.3 is 13.7 Å². The number of nitrogens with two attached hydrogens (primary N) is 1. The normalized spacial score (nSPS) is 22.6. The third kappa shape index (κ3) is 5.69. The van der Waals surface area contributed by atoms with E-state index in [1.165, 1.54) is 20.4 Å². The van der Waals surface area contributed by atoms with E-state index >= 15 is 0 Å². The number of aromatic nitrogens is 3. The number of anilines is 1. The highest BCUT2D eigenvalue weighted by Gasteiger charge is 2.48. The van der Waals surface area contributed by atoms with Crippen LogP contribution in [0.15, 0.2) is 66.0 Å². The van der Waals surface area contributed by atoms with Crippen molar-refractivity contribution in [1.82, 2.24) is 19.7 Å². The van der Waals surface area contributed by atoms with Gasteiger partial charge in [-0.3, -0.25) is 9.32 Å². The van der Waals surface area contributed by atoms with Crippen molar-refractivity contribution in [2.75, 3.05) is 19.5 Å². The molecule has 0 saturated carbocycles. The molecule has 0 bridgehead atoms. The Morgan fingerprint density at radius 2 is 2.10 bits per heavy atom. The van der Waals surface area contributed by atoms with Crippen LogP contribution in [0.4, 0.5) is 5.82 Å². The van der Waals surface area contributed by atoms with Crippen molar-refractivity contribution in [2.45, 2.75) is 44.1 Å². The van der Waals surface area contributed by atoms with Crippen LogP contribution in [0.3, 0.4) is 0 Å². The van der Waals surface area contributed by atoms with E-state index in [1.807, 2.05) is 30.3 Å². The molecule has 15 heteroatoms. The molecule has 3 N–H and O–H groups in total. The molecule has 5 rings (SSSR count). The smallest absolute Gasteiger partial charge is 0.459 e. The lowest BCUT2D eigenvalue weighted by atomic mass is 9.91. The highest BCUT2D eigenvalue weighted by molar-refractivity contribution is 7.52. The second kappa shape index (κ2) is 11.4. The number of benzene rings is 2. The van der Waals surface area contributed by atoms with Crippen LogP contribution >= 0.6 is 7.75 Å². The topological polar surface area (TPSA) is 188 Å². The Morgan fingerprint density at radius 1 is 1.32 bits per heavy atom. The van der Waals surface area contributed by atoms with E-state index in [4.69, 9.17) is 24.3 Å². The quantitative estimate of drug-likeness (QED) is 0.0873. The number of carbonyl (C=O) groups excluding carboxylic acids is 1. The fraction of sp³-hybridized carbons (Fsp3) is 0.346. The maximum atomic E-state index is 14.1. The predicted octanol–water partition coefficient (Wildman–Crippen LogP) is 4.72. The summed E-state index contributed by atoms with van der Waals surface area (Å²) in [5.41, 5.74) is 15.5. The third-order valence-corrected chi connectivity index (χ3v) is 8.52. The van der Waals surface area contributed by atoms with Crippen LogP contribution in [0.1, 0.15) is 32.1 Å². The van der Waals surface area contributed by atoms with Gasteiger partial charge in [0.25, 0.3) is 0 Å². The first-order chi connectivity index (χ1) is 19.7. The van der Waals surface area contributed by atoms with Gasteiger partial charge in [-0.05, 0) is 42.5 Å². The molecule has 1 fully saturated rings. The fourth-order valence-corrected chi connectivity index (χ4v) is 6.49. The van der Waals surface area contributed by atoms with E-state index in [1.54, 1.807) is 35.7 Å². The van der Waals surface area contributed by atoms with Gasteiger partial charge in [-0.2, -0.15) is 10.2 Å². The zero-order valence-electron chi connectivity index (χ0n) is 22.6. The van der Waals surface area contributed by atoms with Gasteiger partial charge in [0.1, 0.15) is 29.7 Å². The number of fused-ring (bicyclic) bond motifs is 2. The van der Waals surface area contributed by atoms with E-state index in [0.29, 0.717) is 22.3 Å². The number of nitrogen functional groups attached to an aromatic ring is 1. The van der Waals surface area contributed by atoms with Gasteiger partial charge in [0.15, 0.2) is 5.82 Å². The van der Waals surface area contributed by atoms with E-state index in [2.05, 4.69) is 25.2 Å². The second-order valence-corrected chi connectivity index (χ2v) is 11.5. The van der Waals surface area contributed by atoms with Gasteiger partial charge in [0.2, 0.25) is 0 Å². The molecular formula is C26H29N8O6P. The molecule has 0 spiro atoms. The van der Waals surface area contributed by atoms with Crippen LogP contribution in [0.2, 0.25) is 0 Å². The minimum absolute atomic E-state index is 0.212. The molecule has 4 aromatic rings. The zero-order chi connectivity index (χ0) is 29.2. The average Bonchev–Trinajstić information content (AvgIpc) is 3.53. The minimum atomic E-state index is -4.18. The minimum Gasteiger partial charge on any atom is -0.468 e. The predicted molar refractivity (Wildman–Crippen MR) is 150 cm³/mol. The van der Waals surface area contributed by atoms with Crippen molar-refractivity contribution < 1.29 is 27.9 Å². The number of nitrogens with zero attached hydrogens (tertiary/aromatic N) is 6. The summed E-state index contributed by atoms with van der Waals surface area (Å²) in [7, 11) is -2.95. The number of ether oxygens (including phenoxy) is 2. The Labute approximate surface area is 234 Å². The Kier molecular flexibility index (Phi) is 7.85. The Balaban J connectivity index is 1.42. The van der Waals surface area contributed by atoms with E-state index < -0.39 is 37.5 Å². The lowest BCUT2D eigenvalue weighted by molar-refractivity contribution is -0.142. The molecule has 0 aliphatic carbocycles. The van der Waals surface area contributed by atoms with Gasteiger partial charge < -0.3 is 19.7 Å². The number of carbonyl (C=O) groups is 1. The molecule has 5 atom stereocenters.